The third-order valence-electron chi connectivity index (χ3n) is 3.93. The Kier molecular flexibility index (Phi) is 7.23. The molecule has 0 saturated carbocycles. The fourth-order valence-electron chi connectivity index (χ4n) is 2.54. The summed E-state index contributed by atoms with van der Waals surface area (Å²) in [6.45, 7) is 6.71. The summed E-state index contributed by atoms with van der Waals surface area (Å²) in [5, 5.41) is 3.51. The van der Waals surface area contributed by atoms with Crippen LogP contribution in [0.2, 0.25) is 0 Å². The summed E-state index contributed by atoms with van der Waals surface area (Å²) in [7, 11) is 1.65. The van der Waals surface area contributed by atoms with Gasteiger partial charge < -0.3 is 14.8 Å². The first-order valence-electron chi connectivity index (χ1n) is 8.40. The van der Waals surface area contributed by atoms with Gasteiger partial charge in [-0.2, -0.15) is 0 Å². The van der Waals surface area contributed by atoms with Crippen LogP contribution in [-0.4, -0.2) is 19.7 Å². The van der Waals surface area contributed by atoms with E-state index in [4.69, 9.17) is 9.47 Å². The van der Waals surface area contributed by atoms with Crippen LogP contribution in [0.25, 0.3) is 0 Å². The SMILES string of the molecule is C=C(C[C@@H](NCc1ccc(OC)cc1)c1ccccc1)C(=O)OCC. The monoisotopic (exact) mass is 339 g/mol. The predicted octanol–water partition coefficient (Wildman–Crippen LogP) is 4.04. The topological polar surface area (TPSA) is 47.6 Å². The number of nitrogens with one attached hydrogen (secondary N) is 1. The quantitative estimate of drug-likeness (QED) is 0.553. The first kappa shape index (κ1) is 18.7. The van der Waals surface area contributed by atoms with Crippen LogP contribution in [0.1, 0.15) is 30.5 Å². The Bertz CT molecular complexity index is 680. The Balaban J connectivity index is 2.06. The second-order valence-corrected chi connectivity index (χ2v) is 5.72. The summed E-state index contributed by atoms with van der Waals surface area (Å²) in [5.41, 5.74) is 2.72. The predicted molar refractivity (Wildman–Crippen MR) is 99.4 cm³/mol. The van der Waals surface area contributed by atoms with Crippen molar-refractivity contribution in [1.29, 1.82) is 0 Å². The second-order valence-electron chi connectivity index (χ2n) is 5.72. The number of ether oxygens (including phenoxy) is 2. The number of carbonyl (C=O) groups is 1. The lowest BCUT2D eigenvalue weighted by molar-refractivity contribution is -0.138. The van der Waals surface area contributed by atoms with E-state index in [1.165, 1.54) is 0 Å². The maximum atomic E-state index is 11.9. The zero-order valence-electron chi connectivity index (χ0n) is 14.8. The van der Waals surface area contributed by atoms with Crippen LogP contribution >= 0.6 is 0 Å². The van der Waals surface area contributed by atoms with Crippen molar-refractivity contribution in [2.45, 2.75) is 25.9 Å². The molecule has 0 aliphatic heterocycles. The van der Waals surface area contributed by atoms with Gasteiger partial charge in [-0.05, 0) is 36.6 Å². The molecular formula is C21H25NO3. The van der Waals surface area contributed by atoms with Crippen molar-refractivity contribution in [1.82, 2.24) is 5.32 Å². The Morgan fingerprint density at radius 2 is 1.80 bits per heavy atom. The maximum Gasteiger partial charge on any atom is 0.333 e. The molecule has 0 unspecified atom stereocenters. The lowest BCUT2D eigenvalue weighted by Gasteiger charge is -2.20. The van der Waals surface area contributed by atoms with Gasteiger partial charge in [0.25, 0.3) is 0 Å². The van der Waals surface area contributed by atoms with Gasteiger partial charge in [-0.15, -0.1) is 0 Å². The maximum absolute atomic E-state index is 11.9. The number of methoxy groups -OCH3 is 1. The van der Waals surface area contributed by atoms with Gasteiger partial charge >= 0.3 is 5.97 Å². The molecule has 2 rings (SSSR count). The normalized spacial score (nSPS) is 11.6. The van der Waals surface area contributed by atoms with Crippen molar-refractivity contribution in [2.75, 3.05) is 13.7 Å². The third kappa shape index (κ3) is 5.76. The minimum absolute atomic E-state index is 0.0137. The molecule has 2 aromatic carbocycles. The number of carbonyl (C=O) groups excluding carboxylic acids is 1. The average molecular weight is 339 g/mol. The molecule has 25 heavy (non-hydrogen) atoms. The molecule has 1 atom stereocenters. The highest BCUT2D eigenvalue weighted by molar-refractivity contribution is 5.87. The zero-order chi connectivity index (χ0) is 18.1. The van der Waals surface area contributed by atoms with E-state index in [1.54, 1.807) is 14.0 Å². The van der Waals surface area contributed by atoms with Gasteiger partial charge in [0.1, 0.15) is 5.75 Å². The standard InChI is InChI=1S/C21H25NO3/c1-4-25-21(23)16(2)14-20(18-8-6-5-7-9-18)22-15-17-10-12-19(24-3)13-11-17/h5-13,20,22H,2,4,14-15H2,1,3H3/t20-/m1/s1. The fourth-order valence-corrected chi connectivity index (χ4v) is 2.54. The van der Waals surface area contributed by atoms with Crippen LogP contribution in [0.5, 0.6) is 5.75 Å². The highest BCUT2D eigenvalue weighted by Gasteiger charge is 2.17. The zero-order valence-corrected chi connectivity index (χ0v) is 14.8. The molecule has 4 heteroatoms. The van der Waals surface area contributed by atoms with Crippen LogP contribution in [0.15, 0.2) is 66.7 Å². The van der Waals surface area contributed by atoms with Crippen molar-refractivity contribution in [3.05, 3.63) is 77.9 Å². The third-order valence-corrected chi connectivity index (χ3v) is 3.93. The Morgan fingerprint density at radius 3 is 2.40 bits per heavy atom. The summed E-state index contributed by atoms with van der Waals surface area (Å²) in [4.78, 5) is 11.9. The van der Waals surface area contributed by atoms with Gasteiger partial charge in [0, 0.05) is 18.2 Å². The van der Waals surface area contributed by atoms with Gasteiger partial charge in [0.05, 0.1) is 13.7 Å². The molecule has 0 radical (unpaired) electrons. The summed E-state index contributed by atoms with van der Waals surface area (Å²) in [6, 6.07) is 18.0. The number of esters is 1. The molecule has 4 nitrogen and oxygen atoms in total. The van der Waals surface area contributed by atoms with Crippen LogP contribution in [0, 0.1) is 0 Å². The summed E-state index contributed by atoms with van der Waals surface area (Å²) < 4.78 is 10.2. The van der Waals surface area contributed by atoms with Crippen LogP contribution < -0.4 is 10.1 Å². The van der Waals surface area contributed by atoms with Crippen molar-refractivity contribution in [3.8, 4) is 5.75 Å². The molecule has 0 heterocycles. The Morgan fingerprint density at radius 1 is 1.12 bits per heavy atom. The molecule has 0 aliphatic carbocycles. The lowest BCUT2D eigenvalue weighted by Crippen LogP contribution is -2.23. The van der Waals surface area contributed by atoms with Crippen molar-refractivity contribution in [3.63, 3.8) is 0 Å². The van der Waals surface area contributed by atoms with Gasteiger partial charge in [0.2, 0.25) is 0 Å². The second kappa shape index (κ2) is 9.64. The molecule has 0 fully saturated rings. The average Bonchev–Trinajstić information content (AvgIpc) is 2.66. The largest absolute Gasteiger partial charge is 0.497 e. The first-order chi connectivity index (χ1) is 12.1. The molecule has 0 aromatic heterocycles. The summed E-state index contributed by atoms with van der Waals surface area (Å²) in [6.07, 6.45) is 0.499. The fraction of sp³-hybridized carbons (Fsp3) is 0.286. The van der Waals surface area contributed by atoms with E-state index in [-0.39, 0.29) is 12.0 Å². The number of benzene rings is 2. The van der Waals surface area contributed by atoms with E-state index in [9.17, 15) is 4.79 Å². The lowest BCUT2D eigenvalue weighted by atomic mass is 9.99. The summed E-state index contributed by atoms with van der Waals surface area (Å²) >= 11 is 0. The molecular weight excluding hydrogens is 314 g/mol. The van der Waals surface area contributed by atoms with E-state index >= 15 is 0 Å². The van der Waals surface area contributed by atoms with Crippen molar-refractivity contribution < 1.29 is 14.3 Å². The van der Waals surface area contributed by atoms with Crippen LogP contribution in [0.3, 0.4) is 0 Å². The van der Waals surface area contributed by atoms with E-state index in [0.29, 0.717) is 25.1 Å². The molecule has 2 aromatic rings. The number of rotatable bonds is 9. The van der Waals surface area contributed by atoms with Gasteiger partial charge in [-0.1, -0.05) is 49.0 Å². The van der Waals surface area contributed by atoms with E-state index in [0.717, 1.165) is 16.9 Å². The van der Waals surface area contributed by atoms with Gasteiger partial charge in [0.15, 0.2) is 0 Å². The van der Waals surface area contributed by atoms with Crippen LogP contribution in [-0.2, 0) is 16.1 Å². The molecule has 132 valence electrons. The summed E-state index contributed by atoms with van der Waals surface area (Å²) in [5.74, 6) is 0.494. The number of hydrogen-bond acceptors (Lipinski definition) is 4. The Hall–Kier alpha value is -2.59. The smallest absolute Gasteiger partial charge is 0.333 e. The molecule has 0 saturated heterocycles. The molecule has 0 bridgehead atoms. The van der Waals surface area contributed by atoms with E-state index < -0.39 is 0 Å². The minimum Gasteiger partial charge on any atom is -0.497 e. The van der Waals surface area contributed by atoms with Crippen molar-refractivity contribution in [2.24, 2.45) is 0 Å². The minimum atomic E-state index is -0.338. The van der Waals surface area contributed by atoms with Crippen LogP contribution in [0.4, 0.5) is 0 Å². The van der Waals surface area contributed by atoms with Gasteiger partial charge in [-0.25, -0.2) is 4.79 Å². The van der Waals surface area contributed by atoms with E-state index in [1.807, 2.05) is 54.6 Å². The number of hydrogen-bond donors (Lipinski definition) is 1. The highest BCUT2D eigenvalue weighted by atomic mass is 16.5. The van der Waals surface area contributed by atoms with Gasteiger partial charge in [-0.3, -0.25) is 0 Å². The first-order valence-corrected chi connectivity index (χ1v) is 8.40. The molecule has 1 N–H and O–H groups in total. The molecule has 0 spiro atoms. The Labute approximate surface area is 149 Å². The highest BCUT2D eigenvalue weighted by Crippen LogP contribution is 2.22. The van der Waals surface area contributed by atoms with E-state index in [2.05, 4.69) is 11.9 Å². The molecule has 0 aliphatic rings. The molecule has 0 amide bonds. The van der Waals surface area contributed by atoms with Crippen molar-refractivity contribution >= 4 is 5.97 Å².